The van der Waals surface area contributed by atoms with E-state index in [1.807, 2.05) is 109 Å². The Morgan fingerprint density at radius 3 is 0.710 bits per heavy atom. The highest BCUT2D eigenvalue weighted by Gasteiger charge is 2.38. The molecule has 0 aliphatic rings. The molecule has 0 fully saturated rings. The zero-order chi connectivity index (χ0) is 116. The fraction of sp³-hybridized carbons (Fsp3) is 0.684. The largest absolute Gasteiger partial charge is 0.481 e. The third kappa shape index (κ3) is 74.2. The van der Waals surface area contributed by atoms with Crippen LogP contribution in [0.15, 0.2) is 48.6 Å². The molecule has 50 heteroatoms. The van der Waals surface area contributed by atoms with Crippen LogP contribution in [-0.4, -0.2) is 236 Å². The van der Waals surface area contributed by atoms with E-state index in [1.165, 1.54) is 31.2 Å². The first-order valence-electron chi connectivity index (χ1n) is 46.0. The van der Waals surface area contributed by atoms with Crippen molar-refractivity contribution in [2.45, 2.75) is 346 Å². The Hall–Kier alpha value is -12.4. The second kappa shape index (κ2) is 79.9. The zero-order valence-electron chi connectivity index (χ0n) is 85.6. The molecule has 8 unspecified atom stereocenters. The smallest absolute Gasteiger partial charge is 0.374 e. The van der Waals surface area contributed by atoms with Gasteiger partial charge < -0.3 is 85.7 Å². The van der Waals surface area contributed by atoms with Crippen LogP contribution < -0.4 is 60.2 Å². The summed E-state index contributed by atoms with van der Waals surface area (Å²) >= 11 is 0. The molecule has 0 heterocycles. The molecule has 0 spiro atoms. The summed E-state index contributed by atoms with van der Waals surface area (Å²) in [6.45, 7) is 49.5. The Labute approximate surface area is 838 Å². The Morgan fingerprint density at radius 1 is 0.269 bits per heavy atom. The van der Waals surface area contributed by atoms with Gasteiger partial charge in [-0.25, -0.2) is 67.1 Å². The summed E-state index contributed by atoms with van der Waals surface area (Å²) in [5.41, 5.74) is 19.6. The van der Waals surface area contributed by atoms with Crippen molar-refractivity contribution in [3.63, 3.8) is 0 Å². The molecular weight excluding hydrogens is 1950 g/mol. The number of hydrogen-bond acceptors (Lipinski definition) is 26. The monoisotopic (exact) mass is 2100 g/mol. The van der Waals surface area contributed by atoms with E-state index >= 15 is 0 Å². The molecular formula is C95H149F12N15O23. The molecule has 0 aliphatic heterocycles. The van der Waals surface area contributed by atoms with Crippen LogP contribution in [0.4, 0.5) is 52.7 Å². The summed E-state index contributed by atoms with van der Waals surface area (Å²) in [7, 11) is 0. The van der Waals surface area contributed by atoms with E-state index in [0.29, 0.717) is 25.2 Å². The summed E-state index contributed by atoms with van der Waals surface area (Å²) in [5.74, 6) is -17.7. The number of rotatable bonds is 59. The lowest BCUT2D eigenvalue weighted by Gasteiger charge is -2.25. The minimum Gasteiger partial charge on any atom is -0.481 e. The summed E-state index contributed by atoms with van der Waals surface area (Å²) in [4.78, 5) is 206. The summed E-state index contributed by atoms with van der Waals surface area (Å²) in [5, 5.41) is 93.0. The summed E-state index contributed by atoms with van der Waals surface area (Å²) in [6.07, 6.45) is -18.6. The number of carboxylic acids is 5. The minimum absolute atomic E-state index is 0.0105. The van der Waals surface area contributed by atoms with Gasteiger partial charge in [-0.15, -0.1) is 0 Å². The van der Waals surface area contributed by atoms with Crippen molar-refractivity contribution < 1.29 is 165 Å². The zero-order valence-corrected chi connectivity index (χ0v) is 85.6. The number of carbonyl (C=O) groups is 18. The van der Waals surface area contributed by atoms with Crippen molar-refractivity contribution in [2.75, 3.05) is 0 Å². The van der Waals surface area contributed by atoms with Gasteiger partial charge in [0.05, 0.1) is 64.5 Å². The van der Waals surface area contributed by atoms with Crippen molar-refractivity contribution in [3.05, 3.63) is 48.6 Å². The molecule has 7 amide bonds. The van der Waals surface area contributed by atoms with Crippen LogP contribution in [-0.2, 0) is 86.3 Å². The topological polar surface area (TPSA) is 692 Å². The maximum absolute atomic E-state index is 12.6. The number of Topliss-reactive ketones (excluding diaryl/α,β-unsaturated/α-hetero) is 6. The lowest BCUT2D eigenvalue weighted by Crippen LogP contribution is -2.54. The van der Waals surface area contributed by atoms with Crippen molar-refractivity contribution in [3.8, 4) is 24.3 Å². The normalized spacial score (nSPS) is 14.3. The van der Waals surface area contributed by atoms with Crippen LogP contribution >= 0.6 is 0 Å². The number of alkyl halides is 12. The van der Waals surface area contributed by atoms with Crippen LogP contribution in [0.3, 0.4) is 0 Å². The highest BCUT2D eigenvalue weighted by molar-refractivity contribution is 6.35. The third-order valence-electron chi connectivity index (χ3n) is 20.3. The van der Waals surface area contributed by atoms with Gasteiger partial charge in [0.2, 0.25) is 79.9 Å². The Bertz CT molecular complexity index is 4220. The molecule has 0 aliphatic carbocycles. The lowest BCUT2D eigenvalue weighted by molar-refractivity contribution is -0.151. The van der Waals surface area contributed by atoms with E-state index < -0.39 is 255 Å². The molecule has 17 atom stereocenters. The second-order valence-corrected chi connectivity index (χ2v) is 36.3. The van der Waals surface area contributed by atoms with E-state index in [1.54, 1.807) is 27.7 Å². The molecule has 38 nitrogen and oxygen atoms in total. The number of nitrogens with two attached hydrogens (primary N) is 4. The van der Waals surface area contributed by atoms with Gasteiger partial charge in [-0.2, -0.15) is 21.0 Å². The fourth-order valence-electron chi connectivity index (χ4n) is 11.5. The van der Waals surface area contributed by atoms with Crippen molar-refractivity contribution in [1.29, 1.82) is 21.0 Å². The van der Waals surface area contributed by atoms with Crippen LogP contribution in [0.25, 0.3) is 0 Å². The van der Waals surface area contributed by atoms with Crippen LogP contribution in [0.2, 0.25) is 0 Å². The Morgan fingerprint density at radius 2 is 0.497 bits per heavy atom. The summed E-state index contributed by atoms with van der Waals surface area (Å²) < 4.78 is 147. The van der Waals surface area contributed by atoms with E-state index in [0.717, 1.165) is 19.3 Å². The van der Waals surface area contributed by atoms with E-state index in [9.17, 15) is 139 Å². The number of nitrogens with one attached hydrogen (secondary N) is 7. The average Bonchev–Trinajstić information content (AvgIpc) is 0.813. The first kappa shape index (κ1) is 148. The number of hydrogen-bond donors (Lipinski definition) is 16. The predicted octanol–water partition coefficient (Wildman–Crippen LogP) is 10.4. The molecule has 0 rings (SSSR count). The number of carbonyl (C=O) groups excluding carboxylic acids is 13. The molecule has 20 N–H and O–H groups in total. The average molecular weight is 2100 g/mol. The molecule has 0 aromatic heterocycles. The number of nitrogens with zero attached hydrogens (tertiary/aromatic N) is 4. The van der Waals surface area contributed by atoms with Crippen LogP contribution in [0, 0.1) is 116 Å². The number of nitriles is 4. The number of aliphatic carboxylic acids is 5. The molecule has 145 heavy (non-hydrogen) atoms. The molecule has 0 radical (unpaired) electrons. The maximum atomic E-state index is 12.6. The van der Waals surface area contributed by atoms with Gasteiger partial charge in [0.15, 0.2) is 23.1 Å². The number of carboxylic acid groups (broad SMARTS) is 5. The van der Waals surface area contributed by atoms with Gasteiger partial charge in [0, 0.05) is 62.7 Å². The van der Waals surface area contributed by atoms with Gasteiger partial charge in [-0.3, -0.25) is 71.9 Å². The molecule has 0 aromatic rings. The highest BCUT2D eigenvalue weighted by atomic mass is 19.3. The van der Waals surface area contributed by atoms with Gasteiger partial charge >= 0.3 is 29.8 Å². The van der Waals surface area contributed by atoms with E-state index in [4.69, 9.17) is 69.5 Å². The Kier molecular flexibility index (Phi) is 81.5. The van der Waals surface area contributed by atoms with Crippen LogP contribution in [0.5, 0.6) is 0 Å². The lowest BCUT2D eigenvalue weighted by atomic mass is 9.92. The maximum Gasteiger partial charge on any atom is 0.374 e. The molecule has 0 aromatic carbocycles. The molecule has 0 saturated heterocycles. The van der Waals surface area contributed by atoms with Gasteiger partial charge in [0.25, 0.3) is 11.6 Å². The standard InChI is InChI=1S/C18H30F2N2O5.C17H26F2N2O7.2C13H19F2N3O2.C13H25NO3.2C7H8F2N2O.C7H14O2/c1-6-10(4)11(5)16(24)22-13(7-9(2)3)17(25)21-12(8-14(19)20)15(23)18(26)27;1-8(2)6-11(21-15(25)9(3)4-5-13(22)23)16(26)20-10(7-12(18)19)14(24)17(27)28;2*1-7(2)4-9(17)13(20)18-10(5-11(14)15)12(19)8(3)6-16;1-6-9(4)10(5)12(15)14-11(13(16)17)7-8(2)3;2*1-4(3-10)7(12)5(11)2-6(8)9;1-5(2)4-6(3)7(8)9/h9-14H,6-8H2,1-5H3,(H,21,25)(H,22,24)(H,26,27);8-12H,4-7H2,1-3H3,(H,20,26)(H,21,25)(H,22,23)(H,27,28);2*7,9-11H,3-5,17H2,1-2H3,(H,18,20);8-11H,6-7H2,1-5H3,(H,14,15)(H,16,17);2*5-6H,1-2,11H2;5-6H,4H2,1-3H3,(H,8,9)/t10?,11-,12?,13-;9-,10?,11-;2*9-,10?;9?,10-,11-;;;6-/m00000..0/s1. The fourth-order valence-corrected chi connectivity index (χ4v) is 11.5. The first-order chi connectivity index (χ1) is 66.4. The SMILES string of the molecule is C=C(C#N)C(=O)C(CC(F)F)NC(=O)[C@@H](N)CC(C)C.C=C(C#N)C(=O)C(CC(F)F)NC(=O)[C@@H](N)CC(C)C.C=C(C#N)C(=O)C(N)CC(F)F.C=C(C#N)C(=O)C(N)CC(F)F.CC(C)C[C@H](C)C(=O)O.CC(C)C[C@H](NC(=O)[C@@H](C)CCC(=O)O)C(=O)NC(CC(F)F)C(=O)C(=O)O.CCC(C)[C@H](C)C(=O)N[C@@H](CC(C)C)C(=O)NC(CC(F)F)C(=O)C(=O)O.CCC(C)[C@H](C)C(=O)N[C@@H](CC(C)C)C(=O)O. The third-order valence-corrected chi connectivity index (χ3v) is 20.3. The molecule has 0 bridgehead atoms. The quantitative estimate of drug-likeness (QED) is 0.0116. The van der Waals surface area contributed by atoms with Gasteiger partial charge in [-0.1, -0.05) is 178 Å². The number of halogens is 12. The van der Waals surface area contributed by atoms with E-state index in [-0.39, 0.29) is 108 Å². The van der Waals surface area contributed by atoms with Gasteiger partial charge in [-0.05, 0) is 92.3 Å². The first-order valence-corrected chi connectivity index (χ1v) is 46.0. The number of amides is 7. The predicted molar refractivity (Wildman–Crippen MR) is 508 cm³/mol. The van der Waals surface area contributed by atoms with E-state index in [2.05, 4.69) is 58.2 Å². The van der Waals surface area contributed by atoms with Gasteiger partial charge in [0.1, 0.15) is 54.5 Å². The van der Waals surface area contributed by atoms with Crippen LogP contribution in [0.1, 0.15) is 241 Å². The minimum atomic E-state index is -3.03. The molecule has 0 saturated carbocycles. The second-order valence-electron chi connectivity index (χ2n) is 36.3. The highest BCUT2D eigenvalue weighted by Crippen LogP contribution is 2.22. The van der Waals surface area contributed by atoms with Crippen molar-refractivity contribution in [2.24, 2.45) is 93.9 Å². The summed E-state index contributed by atoms with van der Waals surface area (Å²) in [6, 6.07) is -8.31. The number of ketones is 6. The molecule has 826 valence electrons. The Balaban J connectivity index is -0.000000252. The van der Waals surface area contributed by atoms with Crippen molar-refractivity contribution >= 4 is 106 Å². The van der Waals surface area contributed by atoms with Crippen molar-refractivity contribution in [1.82, 2.24) is 37.2 Å².